The number of carbonyl (C=O) groups is 1. The molecule has 1 saturated heterocycles. The van der Waals surface area contributed by atoms with Crippen LogP contribution < -0.4 is 20.9 Å². The Morgan fingerprint density at radius 2 is 2.09 bits per heavy atom. The molecule has 1 aromatic heterocycles. The number of rotatable bonds is 10. The van der Waals surface area contributed by atoms with E-state index < -0.39 is 38.1 Å². The fraction of sp³-hybridized carbons (Fsp3) is 0.450. The van der Waals surface area contributed by atoms with Crippen LogP contribution in [-0.2, 0) is 19.0 Å². The number of para-hydroxylation sites is 1. The molecule has 1 aliphatic rings. The third-order valence-corrected chi connectivity index (χ3v) is 6.27. The van der Waals surface area contributed by atoms with Gasteiger partial charge in [0, 0.05) is 12.6 Å². The molecule has 3 rings (SSSR count). The van der Waals surface area contributed by atoms with E-state index in [1.165, 1.54) is 10.8 Å². The van der Waals surface area contributed by atoms with Crippen molar-refractivity contribution in [2.75, 3.05) is 13.0 Å². The molecular formula is C20H25ClN3O7P. The summed E-state index contributed by atoms with van der Waals surface area (Å²) in [4.78, 5) is 37.7. The molecule has 2 N–H and O–H groups in total. The lowest BCUT2D eigenvalue weighted by atomic mass is 10.3. The van der Waals surface area contributed by atoms with Crippen LogP contribution in [0.1, 0.15) is 32.9 Å². The van der Waals surface area contributed by atoms with Gasteiger partial charge in [-0.25, -0.2) is 9.88 Å². The summed E-state index contributed by atoms with van der Waals surface area (Å²) in [5, 5.41) is 3.01. The number of benzene rings is 1. The summed E-state index contributed by atoms with van der Waals surface area (Å²) in [6, 6.07) is 8.58. The highest BCUT2D eigenvalue weighted by Crippen LogP contribution is 2.37. The maximum atomic E-state index is 12.1. The van der Waals surface area contributed by atoms with Crippen molar-refractivity contribution in [3.63, 3.8) is 0 Å². The largest absolute Gasteiger partial charge is 0.465 e. The Morgan fingerprint density at radius 1 is 1.34 bits per heavy atom. The molecule has 1 aromatic carbocycles. The summed E-state index contributed by atoms with van der Waals surface area (Å²) >= 11 is 5.83. The molecule has 0 saturated carbocycles. The Labute approximate surface area is 190 Å². The van der Waals surface area contributed by atoms with Gasteiger partial charge in [0.2, 0.25) is 0 Å². The molecule has 4 atom stereocenters. The first kappa shape index (κ1) is 24.4. The number of nitrogens with zero attached hydrogens (tertiary/aromatic N) is 1. The third-order valence-electron chi connectivity index (χ3n) is 4.51. The lowest BCUT2D eigenvalue weighted by Crippen LogP contribution is -2.34. The summed E-state index contributed by atoms with van der Waals surface area (Å²) in [6.45, 7) is 3.71. The standard InChI is InChI=1S/C20H25ClN3O7P/c1-3-28-19(26)13(2)23-32(31-14-7-5-4-6-8-14)12-29-17-10-9-16(30-17)24-11-15(21)18(25)22-20(24)27/h4-8,11,13,16-17,23H,3,9-10,12H2,1-2H3,(H,22,25,27). The van der Waals surface area contributed by atoms with E-state index in [0.29, 0.717) is 18.6 Å². The number of H-pyrrole nitrogens is 1. The van der Waals surface area contributed by atoms with Crippen molar-refractivity contribution < 1.29 is 23.5 Å². The fourth-order valence-corrected chi connectivity index (χ4v) is 4.52. The SMILES string of the molecule is CCOC(=O)C(C)NP(COC1CCC(n2cc(Cl)c(=O)[nH]c2=O)O1)Oc1ccccc1. The van der Waals surface area contributed by atoms with Crippen LogP contribution in [0.5, 0.6) is 5.75 Å². The number of halogens is 1. The van der Waals surface area contributed by atoms with Crippen LogP contribution in [0.15, 0.2) is 46.1 Å². The van der Waals surface area contributed by atoms with E-state index >= 15 is 0 Å². The van der Waals surface area contributed by atoms with Crippen LogP contribution in [0, 0.1) is 0 Å². The van der Waals surface area contributed by atoms with Crippen molar-refractivity contribution in [2.24, 2.45) is 0 Å². The van der Waals surface area contributed by atoms with Gasteiger partial charge in [0.25, 0.3) is 5.56 Å². The first-order valence-corrected chi connectivity index (χ1v) is 11.9. The first-order valence-electron chi connectivity index (χ1n) is 10.1. The van der Waals surface area contributed by atoms with Crippen molar-refractivity contribution in [3.05, 3.63) is 62.4 Å². The fourth-order valence-electron chi connectivity index (χ4n) is 2.98. The van der Waals surface area contributed by atoms with Crippen LogP contribution in [0.3, 0.4) is 0 Å². The highest BCUT2D eigenvalue weighted by atomic mass is 35.5. The predicted molar refractivity (Wildman–Crippen MR) is 119 cm³/mol. The van der Waals surface area contributed by atoms with E-state index in [0.717, 1.165) is 0 Å². The van der Waals surface area contributed by atoms with Gasteiger partial charge in [-0.1, -0.05) is 29.8 Å². The molecule has 12 heteroatoms. The number of hydrogen-bond donors (Lipinski definition) is 2. The minimum Gasteiger partial charge on any atom is -0.465 e. The Bertz CT molecular complexity index is 1020. The van der Waals surface area contributed by atoms with E-state index in [1.807, 2.05) is 18.2 Å². The number of nitrogens with one attached hydrogen (secondary N) is 2. The maximum absolute atomic E-state index is 12.1. The average Bonchev–Trinajstić information content (AvgIpc) is 3.24. The second-order valence-corrected chi connectivity index (χ2v) is 8.79. The zero-order valence-electron chi connectivity index (χ0n) is 17.7. The van der Waals surface area contributed by atoms with Gasteiger partial charge in [0.15, 0.2) is 14.6 Å². The number of aromatic amines is 1. The van der Waals surface area contributed by atoms with Gasteiger partial charge < -0.3 is 18.7 Å². The molecule has 2 aromatic rings. The number of esters is 1. The van der Waals surface area contributed by atoms with Gasteiger partial charge in [0.05, 0.1) is 6.61 Å². The molecule has 1 aliphatic heterocycles. The number of aromatic nitrogens is 2. The Hall–Kier alpha value is -2.23. The highest BCUT2D eigenvalue weighted by Gasteiger charge is 2.30. The lowest BCUT2D eigenvalue weighted by Gasteiger charge is -2.24. The van der Waals surface area contributed by atoms with Crippen LogP contribution >= 0.6 is 19.9 Å². The first-order chi connectivity index (χ1) is 15.4. The van der Waals surface area contributed by atoms with E-state index in [-0.39, 0.29) is 23.9 Å². The molecule has 32 heavy (non-hydrogen) atoms. The van der Waals surface area contributed by atoms with E-state index in [1.54, 1.807) is 26.0 Å². The number of carbonyl (C=O) groups excluding carboxylic acids is 1. The topological polar surface area (TPSA) is 121 Å². The van der Waals surface area contributed by atoms with Gasteiger partial charge in [-0.2, -0.15) is 0 Å². The van der Waals surface area contributed by atoms with Crippen molar-refractivity contribution in [1.82, 2.24) is 14.6 Å². The molecule has 0 spiro atoms. The smallest absolute Gasteiger partial charge is 0.330 e. The van der Waals surface area contributed by atoms with Crippen molar-refractivity contribution in [1.29, 1.82) is 0 Å². The molecule has 1 fully saturated rings. The molecule has 0 radical (unpaired) electrons. The van der Waals surface area contributed by atoms with Gasteiger partial charge >= 0.3 is 11.7 Å². The summed E-state index contributed by atoms with van der Waals surface area (Å²) in [6.07, 6.45) is 1.19. The second-order valence-electron chi connectivity index (χ2n) is 6.92. The summed E-state index contributed by atoms with van der Waals surface area (Å²) in [5.74, 6) is 0.244. The Balaban J connectivity index is 1.61. The van der Waals surface area contributed by atoms with E-state index in [2.05, 4.69) is 10.1 Å². The minimum absolute atomic E-state index is 0.102. The molecule has 2 heterocycles. The summed E-state index contributed by atoms with van der Waals surface area (Å²) < 4.78 is 23.9. The third kappa shape index (κ3) is 6.63. The second kappa shape index (κ2) is 11.6. The molecular weight excluding hydrogens is 461 g/mol. The predicted octanol–water partition coefficient (Wildman–Crippen LogP) is 2.73. The molecule has 10 nitrogen and oxygen atoms in total. The van der Waals surface area contributed by atoms with Crippen LogP contribution in [0.25, 0.3) is 0 Å². The van der Waals surface area contributed by atoms with E-state index in [9.17, 15) is 14.4 Å². The Kier molecular flexibility index (Phi) is 8.84. The number of hydrogen-bond acceptors (Lipinski definition) is 8. The molecule has 0 amide bonds. The minimum atomic E-state index is -1.41. The van der Waals surface area contributed by atoms with Gasteiger partial charge in [-0.05, 0) is 32.4 Å². The Morgan fingerprint density at radius 3 is 2.81 bits per heavy atom. The zero-order chi connectivity index (χ0) is 23.1. The molecule has 0 bridgehead atoms. The maximum Gasteiger partial charge on any atom is 0.330 e. The van der Waals surface area contributed by atoms with Crippen molar-refractivity contribution >= 4 is 25.9 Å². The monoisotopic (exact) mass is 485 g/mol. The average molecular weight is 486 g/mol. The normalized spacial score (nSPS) is 20.0. The van der Waals surface area contributed by atoms with Crippen molar-refractivity contribution in [2.45, 2.75) is 45.2 Å². The highest BCUT2D eigenvalue weighted by molar-refractivity contribution is 7.50. The van der Waals surface area contributed by atoms with Gasteiger partial charge in [-0.15, -0.1) is 0 Å². The quantitative estimate of drug-likeness (QED) is 0.389. The van der Waals surface area contributed by atoms with Crippen LogP contribution in [0.2, 0.25) is 5.02 Å². The van der Waals surface area contributed by atoms with E-state index in [4.69, 9.17) is 30.3 Å². The summed E-state index contributed by atoms with van der Waals surface area (Å²) in [5.41, 5.74) is -1.26. The lowest BCUT2D eigenvalue weighted by molar-refractivity contribution is -0.144. The van der Waals surface area contributed by atoms with Crippen LogP contribution in [0.4, 0.5) is 0 Å². The number of ether oxygens (including phenoxy) is 3. The molecule has 0 aliphatic carbocycles. The van der Waals surface area contributed by atoms with Crippen molar-refractivity contribution in [3.8, 4) is 5.75 Å². The van der Waals surface area contributed by atoms with Gasteiger partial charge in [0.1, 0.15) is 29.4 Å². The summed E-state index contributed by atoms with van der Waals surface area (Å²) in [7, 11) is -1.41. The van der Waals surface area contributed by atoms with Gasteiger partial charge in [-0.3, -0.25) is 19.1 Å². The van der Waals surface area contributed by atoms with Crippen LogP contribution in [-0.4, -0.2) is 40.8 Å². The zero-order valence-corrected chi connectivity index (χ0v) is 19.3. The molecule has 174 valence electrons. The molecule has 4 unspecified atom stereocenters.